The molecule has 0 spiro atoms. The smallest absolute Gasteiger partial charge is 0.257 e. The number of hydrogen-bond acceptors (Lipinski definition) is 5. The molecule has 1 amide bonds. The van der Waals surface area contributed by atoms with Crippen LogP contribution in [0.2, 0.25) is 5.02 Å². The molecule has 0 aliphatic carbocycles. The Kier molecular flexibility index (Phi) is 5.18. The molecule has 4 rings (SSSR count). The molecule has 1 unspecified atom stereocenters. The van der Waals surface area contributed by atoms with E-state index in [9.17, 15) is 4.79 Å². The molecule has 1 aliphatic rings. The Morgan fingerprint density at radius 1 is 1.19 bits per heavy atom. The Balaban J connectivity index is 1.33. The van der Waals surface area contributed by atoms with Gasteiger partial charge in [-0.05, 0) is 30.7 Å². The van der Waals surface area contributed by atoms with Gasteiger partial charge in [0.05, 0.1) is 17.1 Å². The van der Waals surface area contributed by atoms with Crippen LogP contribution >= 0.6 is 11.6 Å². The van der Waals surface area contributed by atoms with E-state index in [-0.39, 0.29) is 11.9 Å². The van der Waals surface area contributed by atoms with Gasteiger partial charge in [0, 0.05) is 24.7 Å². The second-order valence-corrected chi connectivity index (χ2v) is 6.96. The summed E-state index contributed by atoms with van der Waals surface area (Å²) in [6.07, 6.45) is 0.875. The van der Waals surface area contributed by atoms with Gasteiger partial charge in [-0.25, -0.2) is 0 Å². The van der Waals surface area contributed by atoms with Gasteiger partial charge >= 0.3 is 0 Å². The first-order valence-corrected chi connectivity index (χ1v) is 9.22. The fourth-order valence-corrected chi connectivity index (χ4v) is 3.44. The van der Waals surface area contributed by atoms with Crippen LogP contribution < -0.4 is 5.32 Å². The van der Waals surface area contributed by atoms with Gasteiger partial charge in [-0.15, -0.1) is 0 Å². The third-order valence-corrected chi connectivity index (χ3v) is 4.91. The van der Waals surface area contributed by atoms with Gasteiger partial charge in [-0.2, -0.15) is 4.98 Å². The fourth-order valence-electron chi connectivity index (χ4n) is 3.22. The molecule has 27 heavy (non-hydrogen) atoms. The number of amides is 1. The Hall–Kier alpha value is -2.70. The lowest BCUT2D eigenvalue weighted by molar-refractivity contribution is 0.0937. The molecule has 1 atom stereocenters. The molecule has 1 saturated heterocycles. The normalized spacial score (nSPS) is 17.1. The number of aromatic nitrogens is 2. The molecule has 0 bridgehead atoms. The highest BCUT2D eigenvalue weighted by molar-refractivity contribution is 6.33. The van der Waals surface area contributed by atoms with Gasteiger partial charge in [0.2, 0.25) is 0 Å². The maximum absolute atomic E-state index is 12.4. The summed E-state index contributed by atoms with van der Waals surface area (Å²) in [7, 11) is 0. The summed E-state index contributed by atoms with van der Waals surface area (Å²) in [6.45, 7) is 2.20. The van der Waals surface area contributed by atoms with Gasteiger partial charge in [-0.3, -0.25) is 9.69 Å². The maximum Gasteiger partial charge on any atom is 0.257 e. The van der Waals surface area contributed by atoms with Crippen LogP contribution in [0.4, 0.5) is 0 Å². The number of benzene rings is 2. The van der Waals surface area contributed by atoms with Gasteiger partial charge in [0.15, 0.2) is 5.82 Å². The predicted octanol–water partition coefficient (Wildman–Crippen LogP) is 3.39. The summed E-state index contributed by atoms with van der Waals surface area (Å²) in [6, 6.07) is 16.8. The molecule has 1 aromatic heterocycles. The van der Waals surface area contributed by atoms with E-state index in [0.29, 0.717) is 28.8 Å². The van der Waals surface area contributed by atoms with E-state index in [4.69, 9.17) is 16.1 Å². The molecule has 1 aliphatic heterocycles. The SMILES string of the molecule is O=C(NC1CCN(Cc2noc(-c3ccccc3)n2)C1)c1ccccc1Cl. The summed E-state index contributed by atoms with van der Waals surface area (Å²) in [4.78, 5) is 19.1. The lowest BCUT2D eigenvalue weighted by Gasteiger charge is -2.15. The highest BCUT2D eigenvalue weighted by Gasteiger charge is 2.26. The lowest BCUT2D eigenvalue weighted by Crippen LogP contribution is -2.37. The van der Waals surface area contributed by atoms with Gasteiger partial charge in [0.1, 0.15) is 0 Å². The van der Waals surface area contributed by atoms with Crippen molar-refractivity contribution in [3.63, 3.8) is 0 Å². The largest absolute Gasteiger partial charge is 0.348 e. The molecule has 2 aromatic carbocycles. The number of hydrogen-bond donors (Lipinski definition) is 1. The van der Waals surface area contributed by atoms with E-state index in [1.54, 1.807) is 12.1 Å². The third kappa shape index (κ3) is 4.18. The lowest BCUT2D eigenvalue weighted by atomic mass is 10.2. The third-order valence-electron chi connectivity index (χ3n) is 4.58. The summed E-state index contributed by atoms with van der Waals surface area (Å²) >= 11 is 6.10. The first-order valence-electron chi connectivity index (χ1n) is 8.85. The molecule has 6 nitrogen and oxygen atoms in total. The topological polar surface area (TPSA) is 71.3 Å². The predicted molar refractivity (Wildman–Crippen MR) is 102 cm³/mol. The highest BCUT2D eigenvalue weighted by atomic mass is 35.5. The molecule has 2 heterocycles. The van der Waals surface area contributed by atoms with Crippen LogP contribution in [-0.2, 0) is 6.54 Å². The van der Waals surface area contributed by atoms with Gasteiger partial charge in [-0.1, -0.05) is 47.1 Å². The maximum atomic E-state index is 12.4. The Labute approximate surface area is 162 Å². The van der Waals surface area contributed by atoms with Crippen molar-refractivity contribution in [3.8, 4) is 11.5 Å². The van der Waals surface area contributed by atoms with Crippen molar-refractivity contribution in [1.82, 2.24) is 20.4 Å². The number of halogens is 1. The zero-order valence-electron chi connectivity index (χ0n) is 14.6. The van der Waals surface area contributed by atoms with E-state index in [2.05, 4.69) is 20.4 Å². The minimum Gasteiger partial charge on any atom is -0.348 e. The first kappa shape index (κ1) is 17.7. The number of carbonyl (C=O) groups excluding carboxylic acids is 1. The standard InChI is InChI=1S/C20H19ClN4O2/c21-17-9-5-4-8-16(17)19(26)22-15-10-11-25(12-15)13-18-23-20(27-24-18)14-6-2-1-3-7-14/h1-9,15H,10-13H2,(H,22,26). The number of rotatable bonds is 5. The zero-order chi connectivity index (χ0) is 18.6. The minimum absolute atomic E-state index is 0.0780. The molecule has 0 saturated carbocycles. The zero-order valence-corrected chi connectivity index (χ0v) is 15.4. The van der Waals surface area contributed by atoms with E-state index >= 15 is 0 Å². The summed E-state index contributed by atoms with van der Waals surface area (Å²) in [5, 5.41) is 7.59. The van der Waals surface area contributed by atoms with Crippen LogP contribution in [-0.4, -0.2) is 40.1 Å². The van der Waals surface area contributed by atoms with Gasteiger partial charge in [0.25, 0.3) is 11.8 Å². The van der Waals surface area contributed by atoms with Crippen molar-refractivity contribution in [2.75, 3.05) is 13.1 Å². The first-order chi connectivity index (χ1) is 13.2. The van der Waals surface area contributed by atoms with Crippen molar-refractivity contribution in [2.24, 2.45) is 0 Å². The summed E-state index contributed by atoms with van der Waals surface area (Å²) < 4.78 is 5.35. The molecule has 7 heteroatoms. The summed E-state index contributed by atoms with van der Waals surface area (Å²) in [5.41, 5.74) is 1.41. The van der Waals surface area contributed by atoms with Crippen molar-refractivity contribution < 1.29 is 9.32 Å². The van der Waals surface area contributed by atoms with Crippen molar-refractivity contribution in [2.45, 2.75) is 19.0 Å². The second kappa shape index (κ2) is 7.90. The molecule has 1 N–H and O–H groups in total. The van der Waals surface area contributed by atoms with Crippen LogP contribution in [0.1, 0.15) is 22.6 Å². The molecule has 3 aromatic rings. The average Bonchev–Trinajstić information content (AvgIpc) is 3.33. The molecule has 138 valence electrons. The van der Waals surface area contributed by atoms with Gasteiger partial charge < -0.3 is 9.84 Å². The Morgan fingerprint density at radius 3 is 2.78 bits per heavy atom. The Morgan fingerprint density at radius 2 is 1.96 bits per heavy atom. The molecular formula is C20H19ClN4O2. The minimum atomic E-state index is -0.140. The number of carbonyl (C=O) groups is 1. The molecule has 1 fully saturated rings. The quantitative estimate of drug-likeness (QED) is 0.732. The molecular weight excluding hydrogens is 364 g/mol. The number of likely N-dealkylation sites (tertiary alicyclic amines) is 1. The molecule has 0 radical (unpaired) electrons. The second-order valence-electron chi connectivity index (χ2n) is 6.56. The van der Waals surface area contributed by atoms with E-state index in [1.165, 1.54) is 0 Å². The van der Waals surface area contributed by atoms with Crippen LogP contribution in [0.3, 0.4) is 0 Å². The van der Waals surface area contributed by atoms with E-state index in [1.807, 2.05) is 42.5 Å². The highest BCUT2D eigenvalue weighted by Crippen LogP contribution is 2.19. The van der Waals surface area contributed by atoms with E-state index < -0.39 is 0 Å². The summed E-state index contributed by atoms with van der Waals surface area (Å²) in [5.74, 6) is 1.03. The Bertz CT molecular complexity index is 928. The van der Waals surface area contributed by atoms with Crippen LogP contribution in [0, 0.1) is 0 Å². The van der Waals surface area contributed by atoms with Crippen molar-refractivity contribution >= 4 is 17.5 Å². The fraction of sp³-hybridized carbons (Fsp3) is 0.250. The van der Waals surface area contributed by atoms with Crippen LogP contribution in [0.15, 0.2) is 59.1 Å². The number of nitrogens with zero attached hydrogens (tertiary/aromatic N) is 3. The van der Waals surface area contributed by atoms with E-state index in [0.717, 1.165) is 25.1 Å². The monoisotopic (exact) mass is 382 g/mol. The number of nitrogens with one attached hydrogen (secondary N) is 1. The van der Waals surface area contributed by atoms with Crippen molar-refractivity contribution in [3.05, 3.63) is 71.0 Å². The van der Waals surface area contributed by atoms with Crippen LogP contribution in [0.25, 0.3) is 11.5 Å². The van der Waals surface area contributed by atoms with Crippen molar-refractivity contribution in [1.29, 1.82) is 0 Å². The van der Waals surface area contributed by atoms with Crippen LogP contribution in [0.5, 0.6) is 0 Å². The average molecular weight is 383 g/mol.